The fourth-order valence-corrected chi connectivity index (χ4v) is 4.53. The zero-order chi connectivity index (χ0) is 25.6. The van der Waals surface area contributed by atoms with E-state index in [2.05, 4.69) is 20.9 Å². The molecule has 0 aromatic carbocycles. The summed E-state index contributed by atoms with van der Waals surface area (Å²) in [6.45, 7) is 6.14. The molecule has 0 saturated carbocycles. The van der Waals surface area contributed by atoms with E-state index in [1.54, 1.807) is 50.1 Å². The van der Waals surface area contributed by atoms with E-state index in [4.69, 9.17) is 10.5 Å². The number of pyridine rings is 1. The van der Waals surface area contributed by atoms with Gasteiger partial charge in [0.2, 0.25) is 17.7 Å². The number of ether oxygens (including phenoxy) is 1. The van der Waals surface area contributed by atoms with Crippen molar-refractivity contribution in [2.24, 2.45) is 5.73 Å². The van der Waals surface area contributed by atoms with Crippen molar-refractivity contribution in [2.75, 3.05) is 13.1 Å². The van der Waals surface area contributed by atoms with Crippen LogP contribution in [0.25, 0.3) is 0 Å². The number of fused-ring (bicyclic) bond motifs is 1. The molecule has 3 rings (SSSR count). The SMILES string of the molecule is CC(C)(C)OC(=O)N[C@H]1CNCC[C@H]2CC[C@@H](C(=O)N[C@@H](CCC(N)=O)c3ccccn3)N2C1=O. The van der Waals surface area contributed by atoms with E-state index < -0.39 is 35.7 Å². The number of rotatable bonds is 7. The summed E-state index contributed by atoms with van der Waals surface area (Å²) in [5.41, 5.74) is 5.24. The molecule has 2 fully saturated rings. The zero-order valence-electron chi connectivity index (χ0n) is 20.6. The molecule has 2 aliphatic rings. The molecule has 35 heavy (non-hydrogen) atoms. The van der Waals surface area contributed by atoms with Crippen LogP contribution in [0, 0.1) is 0 Å². The minimum atomic E-state index is -0.859. The highest BCUT2D eigenvalue weighted by molar-refractivity contribution is 5.92. The van der Waals surface area contributed by atoms with Crippen molar-refractivity contribution in [3.63, 3.8) is 0 Å². The minimum absolute atomic E-state index is 0.0883. The molecule has 1 aromatic rings. The third-order valence-corrected chi connectivity index (χ3v) is 6.09. The molecule has 0 unspecified atom stereocenters. The highest BCUT2D eigenvalue weighted by Crippen LogP contribution is 2.29. The third-order valence-electron chi connectivity index (χ3n) is 6.09. The van der Waals surface area contributed by atoms with Crippen molar-refractivity contribution in [3.8, 4) is 0 Å². The molecule has 1 aromatic heterocycles. The molecule has 0 aliphatic carbocycles. The van der Waals surface area contributed by atoms with Gasteiger partial charge in [0.05, 0.1) is 11.7 Å². The number of hydrogen-bond donors (Lipinski definition) is 4. The molecule has 4 atom stereocenters. The highest BCUT2D eigenvalue weighted by Gasteiger charge is 2.44. The lowest BCUT2D eigenvalue weighted by Crippen LogP contribution is -2.60. The summed E-state index contributed by atoms with van der Waals surface area (Å²) in [5, 5.41) is 8.84. The summed E-state index contributed by atoms with van der Waals surface area (Å²) >= 11 is 0. The van der Waals surface area contributed by atoms with E-state index >= 15 is 0 Å². The number of nitrogens with two attached hydrogens (primary N) is 1. The molecule has 0 radical (unpaired) electrons. The monoisotopic (exact) mass is 488 g/mol. The Balaban J connectivity index is 1.75. The van der Waals surface area contributed by atoms with Crippen LogP contribution in [0.2, 0.25) is 0 Å². The van der Waals surface area contributed by atoms with Gasteiger partial charge >= 0.3 is 6.09 Å². The number of hydrogen-bond acceptors (Lipinski definition) is 7. The average molecular weight is 489 g/mol. The van der Waals surface area contributed by atoms with Gasteiger partial charge in [-0.15, -0.1) is 0 Å². The van der Waals surface area contributed by atoms with Gasteiger partial charge in [-0.2, -0.15) is 0 Å². The second-order valence-corrected chi connectivity index (χ2v) is 10.0. The number of primary amides is 1. The molecule has 5 N–H and O–H groups in total. The van der Waals surface area contributed by atoms with E-state index in [0.717, 1.165) is 0 Å². The van der Waals surface area contributed by atoms with Gasteiger partial charge in [-0.3, -0.25) is 19.4 Å². The van der Waals surface area contributed by atoms with Crippen LogP contribution in [0.4, 0.5) is 4.79 Å². The Bertz CT molecular complexity index is 919. The van der Waals surface area contributed by atoms with E-state index in [1.165, 1.54) is 0 Å². The summed E-state index contributed by atoms with van der Waals surface area (Å²) < 4.78 is 5.32. The van der Waals surface area contributed by atoms with Crippen LogP contribution in [-0.4, -0.2) is 70.5 Å². The molecule has 2 saturated heterocycles. The molecule has 3 heterocycles. The topological polar surface area (TPSA) is 156 Å². The van der Waals surface area contributed by atoms with Crippen molar-refractivity contribution in [1.29, 1.82) is 0 Å². The number of nitrogens with one attached hydrogen (secondary N) is 3. The predicted octanol–water partition coefficient (Wildman–Crippen LogP) is 0.751. The number of aromatic nitrogens is 1. The standard InChI is InChI=1S/C24H36N6O5/c1-24(2,3)35-23(34)29-18-14-26-13-11-15-7-9-19(30(15)22(18)33)21(32)28-17(8-10-20(25)31)16-6-4-5-12-27-16/h4-6,12,15,17-19,26H,7-11,13-14H2,1-3H3,(H2,25,31)(H,28,32)(H,29,34)/t15-,17+,18+,19+/m1/s1. The summed E-state index contributed by atoms with van der Waals surface area (Å²) in [5.74, 6) is -1.11. The first-order valence-electron chi connectivity index (χ1n) is 12.1. The summed E-state index contributed by atoms with van der Waals surface area (Å²) in [6.07, 6.45) is 3.22. The van der Waals surface area contributed by atoms with E-state index in [1.807, 2.05) is 0 Å². The van der Waals surface area contributed by atoms with Crippen LogP contribution >= 0.6 is 0 Å². The van der Waals surface area contributed by atoms with E-state index in [-0.39, 0.29) is 30.8 Å². The summed E-state index contributed by atoms with van der Waals surface area (Å²) in [7, 11) is 0. The first-order chi connectivity index (χ1) is 16.5. The maximum absolute atomic E-state index is 13.5. The number of carbonyl (C=O) groups excluding carboxylic acids is 4. The Morgan fingerprint density at radius 3 is 2.69 bits per heavy atom. The molecule has 192 valence electrons. The fourth-order valence-electron chi connectivity index (χ4n) is 4.53. The smallest absolute Gasteiger partial charge is 0.408 e. The Morgan fingerprint density at radius 1 is 1.26 bits per heavy atom. The van der Waals surface area contributed by atoms with Crippen molar-refractivity contribution in [3.05, 3.63) is 30.1 Å². The van der Waals surface area contributed by atoms with Crippen LogP contribution in [0.3, 0.4) is 0 Å². The Kier molecular flexibility index (Phi) is 8.66. The highest BCUT2D eigenvalue weighted by atomic mass is 16.6. The predicted molar refractivity (Wildman–Crippen MR) is 128 cm³/mol. The Morgan fingerprint density at radius 2 is 2.03 bits per heavy atom. The molecule has 0 spiro atoms. The number of alkyl carbamates (subject to hydrolysis) is 1. The maximum Gasteiger partial charge on any atom is 0.408 e. The van der Waals surface area contributed by atoms with Crippen LogP contribution in [0.5, 0.6) is 0 Å². The summed E-state index contributed by atoms with van der Waals surface area (Å²) in [4.78, 5) is 56.6. The molecular formula is C24H36N6O5. The van der Waals surface area contributed by atoms with E-state index in [9.17, 15) is 19.2 Å². The quantitative estimate of drug-likeness (QED) is 0.441. The second kappa shape index (κ2) is 11.5. The minimum Gasteiger partial charge on any atom is -0.444 e. The van der Waals surface area contributed by atoms with Gasteiger partial charge < -0.3 is 31.3 Å². The lowest BCUT2D eigenvalue weighted by Gasteiger charge is -2.36. The molecule has 2 aliphatic heterocycles. The van der Waals surface area contributed by atoms with Crippen LogP contribution in [0.1, 0.15) is 64.6 Å². The van der Waals surface area contributed by atoms with Crippen molar-refractivity contribution >= 4 is 23.8 Å². The molecular weight excluding hydrogens is 452 g/mol. The third kappa shape index (κ3) is 7.38. The van der Waals surface area contributed by atoms with Crippen molar-refractivity contribution in [2.45, 2.75) is 82.6 Å². The van der Waals surface area contributed by atoms with Crippen LogP contribution in [0.15, 0.2) is 24.4 Å². The maximum atomic E-state index is 13.5. The number of nitrogens with zero attached hydrogens (tertiary/aromatic N) is 2. The lowest BCUT2D eigenvalue weighted by molar-refractivity contribution is -0.142. The Hall–Kier alpha value is -3.21. The van der Waals surface area contributed by atoms with Crippen LogP contribution in [-0.2, 0) is 19.1 Å². The van der Waals surface area contributed by atoms with Crippen molar-refractivity contribution < 1.29 is 23.9 Å². The van der Waals surface area contributed by atoms with Gasteiger partial charge in [0.15, 0.2) is 0 Å². The largest absolute Gasteiger partial charge is 0.444 e. The lowest BCUT2D eigenvalue weighted by atomic mass is 10.1. The molecule has 11 nitrogen and oxygen atoms in total. The van der Waals surface area contributed by atoms with Gasteiger partial charge in [0, 0.05) is 25.2 Å². The normalized spacial score (nSPS) is 23.5. The summed E-state index contributed by atoms with van der Waals surface area (Å²) in [6, 6.07) is 3.17. The van der Waals surface area contributed by atoms with Gasteiger partial charge in [0.1, 0.15) is 17.7 Å². The molecule has 0 bridgehead atoms. The van der Waals surface area contributed by atoms with Crippen molar-refractivity contribution in [1.82, 2.24) is 25.8 Å². The first-order valence-corrected chi connectivity index (χ1v) is 12.1. The zero-order valence-corrected chi connectivity index (χ0v) is 20.6. The van der Waals surface area contributed by atoms with Gasteiger partial charge in [-0.25, -0.2) is 4.79 Å². The average Bonchev–Trinajstić information content (AvgIpc) is 3.19. The number of amides is 4. The molecule has 4 amide bonds. The molecule has 11 heteroatoms. The van der Waals surface area contributed by atoms with Gasteiger partial charge in [0.25, 0.3) is 0 Å². The van der Waals surface area contributed by atoms with Gasteiger partial charge in [-0.05, 0) is 65.1 Å². The second-order valence-electron chi connectivity index (χ2n) is 10.0. The van der Waals surface area contributed by atoms with Gasteiger partial charge in [-0.1, -0.05) is 6.07 Å². The van der Waals surface area contributed by atoms with E-state index in [0.29, 0.717) is 37.9 Å². The Labute approximate surface area is 205 Å². The number of carbonyl (C=O) groups is 4. The first kappa shape index (κ1) is 26.4. The van der Waals surface area contributed by atoms with Crippen LogP contribution < -0.4 is 21.7 Å². The fraction of sp³-hybridized carbons (Fsp3) is 0.625.